The second kappa shape index (κ2) is 4.11. The summed E-state index contributed by atoms with van der Waals surface area (Å²) in [5.41, 5.74) is 0.337. The fraction of sp³-hybridized carbons (Fsp3) is 1.00. The second-order valence-corrected chi connectivity index (χ2v) is 4.81. The molecular formula is C9H18O2P2. The van der Waals surface area contributed by atoms with Crippen LogP contribution in [0.3, 0.4) is 0 Å². The minimum Gasteiger partial charge on any atom is -0.362 e. The normalized spacial score (nSPS) is 44.8. The van der Waals surface area contributed by atoms with Crippen LogP contribution in [-0.4, -0.2) is 12.2 Å². The molecule has 0 bridgehead atoms. The quantitative estimate of drug-likeness (QED) is 0.666. The third-order valence-electron chi connectivity index (χ3n) is 3.83. The maximum Gasteiger partial charge on any atom is 0.0692 e. The summed E-state index contributed by atoms with van der Waals surface area (Å²) in [7, 11) is 4.85. The minimum atomic E-state index is 0.337. The Morgan fingerprint density at radius 3 is 1.77 bits per heavy atom. The van der Waals surface area contributed by atoms with E-state index in [9.17, 15) is 0 Å². The summed E-state index contributed by atoms with van der Waals surface area (Å²) in [5, 5.41) is 0. The summed E-state index contributed by atoms with van der Waals surface area (Å²) < 4.78 is 11.0. The Hall–Kier alpha value is 0.780. The Morgan fingerprint density at radius 2 is 1.38 bits per heavy atom. The summed E-state index contributed by atoms with van der Waals surface area (Å²) in [6.07, 6.45) is 8.38. The van der Waals surface area contributed by atoms with Gasteiger partial charge in [-0.15, -0.1) is 0 Å². The topological polar surface area (TPSA) is 18.5 Å². The molecule has 0 aromatic carbocycles. The fourth-order valence-corrected chi connectivity index (χ4v) is 4.01. The molecule has 2 saturated carbocycles. The zero-order valence-electron chi connectivity index (χ0n) is 7.87. The highest BCUT2D eigenvalue weighted by atomic mass is 31.0. The van der Waals surface area contributed by atoms with E-state index in [0.29, 0.717) is 17.6 Å². The molecule has 0 radical (unpaired) electrons. The van der Waals surface area contributed by atoms with Gasteiger partial charge in [0, 0.05) is 24.3 Å². The van der Waals surface area contributed by atoms with Crippen LogP contribution < -0.4 is 0 Å². The first kappa shape index (κ1) is 10.3. The van der Waals surface area contributed by atoms with Crippen molar-refractivity contribution in [3.63, 3.8) is 0 Å². The Kier molecular flexibility index (Phi) is 3.25. The van der Waals surface area contributed by atoms with Crippen molar-refractivity contribution in [2.75, 3.05) is 0 Å². The van der Waals surface area contributed by atoms with Gasteiger partial charge in [0.25, 0.3) is 0 Å². The van der Waals surface area contributed by atoms with Gasteiger partial charge in [-0.25, -0.2) is 0 Å². The van der Waals surface area contributed by atoms with E-state index in [1.165, 1.54) is 38.5 Å². The average Bonchev–Trinajstić information content (AvgIpc) is 2.74. The van der Waals surface area contributed by atoms with Crippen molar-refractivity contribution in [1.82, 2.24) is 0 Å². The Bertz CT molecular complexity index is 166. The predicted octanol–water partition coefficient (Wildman–Crippen LogP) is 2.69. The first-order valence-corrected chi connectivity index (χ1v) is 5.99. The Morgan fingerprint density at radius 1 is 0.923 bits per heavy atom. The molecule has 76 valence electrons. The van der Waals surface area contributed by atoms with Gasteiger partial charge in [0.1, 0.15) is 0 Å². The van der Waals surface area contributed by atoms with Crippen LogP contribution in [0.2, 0.25) is 0 Å². The maximum atomic E-state index is 5.51. The summed E-state index contributed by atoms with van der Waals surface area (Å²) in [6.45, 7) is 0. The molecule has 0 saturated heterocycles. The molecule has 4 atom stereocenters. The van der Waals surface area contributed by atoms with Crippen molar-refractivity contribution < 1.29 is 9.05 Å². The molecule has 0 aliphatic heterocycles. The van der Waals surface area contributed by atoms with E-state index >= 15 is 0 Å². The molecule has 1 spiro atoms. The van der Waals surface area contributed by atoms with Crippen molar-refractivity contribution >= 4 is 18.9 Å². The molecule has 0 aromatic rings. The number of hydrogen-bond acceptors (Lipinski definition) is 2. The minimum absolute atomic E-state index is 0.337. The molecule has 2 fully saturated rings. The van der Waals surface area contributed by atoms with Gasteiger partial charge >= 0.3 is 0 Å². The summed E-state index contributed by atoms with van der Waals surface area (Å²) in [4.78, 5) is 0. The third kappa shape index (κ3) is 1.57. The zero-order valence-corrected chi connectivity index (χ0v) is 10.2. The van der Waals surface area contributed by atoms with Crippen molar-refractivity contribution in [3.8, 4) is 0 Å². The lowest BCUT2D eigenvalue weighted by Crippen LogP contribution is -2.37. The maximum absolute atomic E-state index is 5.51. The van der Waals surface area contributed by atoms with Crippen LogP contribution in [0.15, 0.2) is 0 Å². The lowest BCUT2D eigenvalue weighted by molar-refractivity contribution is 0.0127. The molecular weight excluding hydrogens is 202 g/mol. The highest BCUT2D eigenvalue weighted by Crippen LogP contribution is 2.54. The number of hydrogen-bond donors (Lipinski definition) is 0. The first-order valence-electron chi connectivity index (χ1n) is 5.04. The lowest BCUT2D eigenvalue weighted by atomic mass is 9.80. The van der Waals surface area contributed by atoms with Crippen molar-refractivity contribution in [3.05, 3.63) is 0 Å². The third-order valence-corrected chi connectivity index (χ3v) is 4.49. The van der Waals surface area contributed by atoms with Crippen LogP contribution in [-0.2, 0) is 9.05 Å². The van der Waals surface area contributed by atoms with Crippen molar-refractivity contribution in [2.45, 2.75) is 50.7 Å². The van der Waals surface area contributed by atoms with Gasteiger partial charge in [-0.05, 0) is 25.7 Å². The van der Waals surface area contributed by atoms with Gasteiger partial charge in [-0.3, -0.25) is 0 Å². The van der Waals surface area contributed by atoms with E-state index in [2.05, 4.69) is 18.9 Å². The highest BCUT2D eigenvalue weighted by Gasteiger charge is 2.51. The van der Waals surface area contributed by atoms with Crippen molar-refractivity contribution in [1.29, 1.82) is 0 Å². The molecule has 0 amide bonds. The Labute approximate surface area is 84.7 Å². The predicted molar refractivity (Wildman–Crippen MR) is 59.3 cm³/mol. The van der Waals surface area contributed by atoms with Crippen LogP contribution in [0.25, 0.3) is 0 Å². The molecule has 4 heteroatoms. The molecule has 0 N–H and O–H groups in total. The van der Waals surface area contributed by atoms with E-state index in [-0.39, 0.29) is 0 Å². The van der Waals surface area contributed by atoms with E-state index < -0.39 is 0 Å². The average molecular weight is 220 g/mol. The van der Waals surface area contributed by atoms with Gasteiger partial charge in [0.05, 0.1) is 12.2 Å². The van der Waals surface area contributed by atoms with Crippen LogP contribution in [0.4, 0.5) is 0 Å². The largest absolute Gasteiger partial charge is 0.362 e. The van der Waals surface area contributed by atoms with Gasteiger partial charge in [-0.2, -0.15) is 0 Å². The molecule has 2 rings (SSSR count). The lowest BCUT2D eigenvalue weighted by Gasteiger charge is -2.35. The molecule has 4 unspecified atom stereocenters. The van der Waals surface area contributed by atoms with Gasteiger partial charge in [0.15, 0.2) is 0 Å². The van der Waals surface area contributed by atoms with E-state index in [0.717, 1.165) is 0 Å². The van der Waals surface area contributed by atoms with Gasteiger partial charge < -0.3 is 9.05 Å². The zero-order chi connectivity index (χ0) is 9.31. The van der Waals surface area contributed by atoms with E-state index in [4.69, 9.17) is 9.05 Å². The Balaban J connectivity index is 2.16. The molecule has 13 heavy (non-hydrogen) atoms. The standard InChI is InChI=1S/C9H18O2P2/c12-10-7-3-1-5-9(7)6-2-4-8(9)11-13/h7-8H,1-6,12-13H2. The number of rotatable bonds is 2. The molecule has 0 aromatic heterocycles. The van der Waals surface area contributed by atoms with Crippen LogP contribution in [0.5, 0.6) is 0 Å². The van der Waals surface area contributed by atoms with Crippen molar-refractivity contribution in [2.24, 2.45) is 5.41 Å². The molecule has 2 aliphatic carbocycles. The van der Waals surface area contributed by atoms with Crippen LogP contribution >= 0.6 is 18.9 Å². The SMILES string of the molecule is POC1CCCC12CCCC2OP. The second-order valence-electron chi connectivity index (χ2n) is 4.27. The molecule has 0 heterocycles. The molecule has 2 nitrogen and oxygen atoms in total. The summed E-state index contributed by atoms with van der Waals surface area (Å²) >= 11 is 0. The summed E-state index contributed by atoms with van der Waals surface area (Å²) in [5.74, 6) is 0. The van der Waals surface area contributed by atoms with Gasteiger partial charge in [0.2, 0.25) is 0 Å². The van der Waals surface area contributed by atoms with Crippen LogP contribution in [0.1, 0.15) is 38.5 Å². The van der Waals surface area contributed by atoms with Gasteiger partial charge in [-0.1, -0.05) is 12.8 Å². The van der Waals surface area contributed by atoms with E-state index in [1.54, 1.807) is 0 Å². The van der Waals surface area contributed by atoms with E-state index in [1.807, 2.05) is 0 Å². The first-order chi connectivity index (χ1) is 6.33. The smallest absolute Gasteiger partial charge is 0.0692 e. The molecule has 2 aliphatic rings. The highest BCUT2D eigenvalue weighted by molar-refractivity contribution is 7.10. The van der Waals surface area contributed by atoms with Crippen LogP contribution in [0, 0.1) is 5.41 Å². The fourth-order valence-electron chi connectivity index (χ4n) is 3.19. The monoisotopic (exact) mass is 220 g/mol. The summed E-state index contributed by atoms with van der Waals surface area (Å²) in [6, 6.07) is 0.